The number of hydrogen-bond donors (Lipinski definition) is 1. The van der Waals surface area contributed by atoms with Crippen LogP contribution in [0.5, 0.6) is 5.75 Å². The van der Waals surface area contributed by atoms with Crippen LogP contribution in [0.15, 0.2) is 16.6 Å². The van der Waals surface area contributed by atoms with E-state index < -0.39 is 0 Å². The molecule has 0 saturated heterocycles. The Kier molecular flexibility index (Phi) is 3.97. The molecular weight excluding hydrogens is 278 g/mol. The van der Waals surface area contributed by atoms with Gasteiger partial charge in [-0.15, -0.1) is 0 Å². The number of aryl methyl sites for hydroxylation is 1. The van der Waals surface area contributed by atoms with E-state index in [-0.39, 0.29) is 0 Å². The number of benzene rings is 1. The first kappa shape index (κ1) is 12.7. The van der Waals surface area contributed by atoms with Crippen molar-refractivity contribution in [3.05, 3.63) is 22.2 Å². The third-order valence-electron chi connectivity index (χ3n) is 3.52. The van der Waals surface area contributed by atoms with Crippen molar-refractivity contribution in [2.24, 2.45) is 5.92 Å². The number of ether oxygens (including phenoxy) is 1. The van der Waals surface area contributed by atoms with E-state index in [1.54, 1.807) is 0 Å². The van der Waals surface area contributed by atoms with Crippen molar-refractivity contribution in [1.29, 1.82) is 0 Å². The highest BCUT2D eigenvalue weighted by Crippen LogP contribution is 2.34. The van der Waals surface area contributed by atoms with E-state index in [0.29, 0.717) is 6.10 Å². The van der Waals surface area contributed by atoms with E-state index in [0.717, 1.165) is 40.2 Å². The smallest absolute Gasteiger partial charge is 0.145 e. The normalized spacial score (nSPS) is 24.6. The zero-order valence-corrected chi connectivity index (χ0v) is 12.1. The zero-order valence-electron chi connectivity index (χ0n) is 10.5. The van der Waals surface area contributed by atoms with Crippen LogP contribution >= 0.6 is 15.9 Å². The van der Waals surface area contributed by atoms with Crippen LogP contribution in [0.2, 0.25) is 0 Å². The van der Waals surface area contributed by atoms with Gasteiger partial charge in [-0.2, -0.15) is 0 Å². The van der Waals surface area contributed by atoms with Gasteiger partial charge in [0.25, 0.3) is 0 Å². The van der Waals surface area contributed by atoms with Gasteiger partial charge in [0.2, 0.25) is 0 Å². The predicted molar refractivity (Wildman–Crippen MR) is 75.3 cm³/mol. The quantitative estimate of drug-likeness (QED) is 0.826. The Morgan fingerprint density at radius 3 is 2.47 bits per heavy atom. The molecule has 1 fully saturated rings. The summed E-state index contributed by atoms with van der Waals surface area (Å²) in [6.07, 6.45) is 5.17. The number of rotatable bonds is 2. The van der Waals surface area contributed by atoms with E-state index in [1.165, 1.54) is 12.8 Å². The molecule has 1 saturated carbocycles. The summed E-state index contributed by atoms with van der Waals surface area (Å²) >= 11 is 3.44. The highest BCUT2D eigenvalue weighted by Gasteiger charge is 2.21. The molecule has 2 nitrogen and oxygen atoms in total. The van der Waals surface area contributed by atoms with Gasteiger partial charge in [0.1, 0.15) is 5.75 Å². The van der Waals surface area contributed by atoms with Gasteiger partial charge in [-0.1, -0.05) is 22.9 Å². The third kappa shape index (κ3) is 3.15. The van der Waals surface area contributed by atoms with E-state index in [2.05, 4.69) is 28.9 Å². The summed E-state index contributed by atoms with van der Waals surface area (Å²) in [6.45, 7) is 4.36. The minimum atomic E-state index is 0.341. The number of halogens is 1. The molecule has 0 aromatic heterocycles. The van der Waals surface area contributed by atoms with Crippen LogP contribution in [-0.2, 0) is 0 Å². The molecule has 1 aromatic carbocycles. The van der Waals surface area contributed by atoms with Crippen molar-refractivity contribution < 1.29 is 4.74 Å². The van der Waals surface area contributed by atoms with Crippen LogP contribution in [0.25, 0.3) is 0 Å². The standard InChI is InChI=1S/C14H20BrNO/c1-9-3-5-12(6-4-9)17-14-10(2)7-11(15)8-13(14)16/h7-9,12H,3-6,16H2,1-2H3. The van der Waals surface area contributed by atoms with Crippen molar-refractivity contribution in [3.8, 4) is 5.75 Å². The Bertz CT molecular complexity index is 374. The minimum absolute atomic E-state index is 0.341. The van der Waals surface area contributed by atoms with Gasteiger partial charge in [-0.3, -0.25) is 0 Å². The molecule has 0 spiro atoms. The second kappa shape index (κ2) is 5.30. The van der Waals surface area contributed by atoms with E-state index in [4.69, 9.17) is 10.5 Å². The van der Waals surface area contributed by atoms with Gasteiger partial charge in [0.15, 0.2) is 0 Å². The van der Waals surface area contributed by atoms with Crippen molar-refractivity contribution in [1.82, 2.24) is 0 Å². The van der Waals surface area contributed by atoms with Crippen LogP contribution in [0.3, 0.4) is 0 Å². The summed E-state index contributed by atoms with van der Waals surface area (Å²) < 4.78 is 7.09. The topological polar surface area (TPSA) is 35.2 Å². The Morgan fingerprint density at radius 2 is 1.88 bits per heavy atom. The van der Waals surface area contributed by atoms with Gasteiger partial charge < -0.3 is 10.5 Å². The fourth-order valence-electron chi connectivity index (χ4n) is 2.43. The Morgan fingerprint density at radius 1 is 1.24 bits per heavy atom. The van der Waals surface area contributed by atoms with E-state index >= 15 is 0 Å². The van der Waals surface area contributed by atoms with Crippen LogP contribution in [0.4, 0.5) is 5.69 Å². The molecule has 0 aliphatic heterocycles. The lowest BCUT2D eigenvalue weighted by atomic mass is 9.89. The summed E-state index contributed by atoms with van der Waals surface area (Å²) in [5.74, 6) is 1.71. The lowest BCUT2D eigenvalue weighted by Crippen LogP contribution is -2.23. The second-order valence-corrected chi connectivity index (χ2v) is 6.06. The molecule has 0 unspecified atom stereocenters. The molecule has 17 heavy (non-hydrogen) atoms. The van der Waals surface area contributed by atoms with E-state index in [9.17, 15) is 0 Å². The molecule has 1 aromatic rings. The van der Waals surface area contributed by atoms with E-state index in [1.807, 2.05) is 13.0 Å². The highest BCUT2D eigenvalue weighted by atomic mass is 79.9. The number of nitrogen functional groups attached to an aromatic ring is 1. The van der Waals surface area contributed by atoms with Gasteiger partial charge >= 0.3 is 0 Å². The summed E-state index contributed by atoms with van der Waals surface area (Å²) in [4.78, 5) is 0. The van der Waals surface area contributed by atoms with Gasteiger partial charge in [0, 0.05) is 4.47 Å². The van der Waals surface area contributed by atoms with Crippen molar-refractivity contribution in [2.75, 3.05) is 5.73 Å². The average Bonchev–Trinajstić information content (AvgIpc) is 2.26. The molecule has 3 heteroatoms. The highest BCUT2D eigenvalue weighted by molar-refractivity contribution is 9.10. The largest absolute Gasteiger partial charge is 0.488 e. The summed E-state index contributed by atoms with van der Waals surface area (Å²) in [5.41, 5.74) is 7.85. The molecule has 1 aliphatic carbocycles. The number of anilines is 1. The lowest BCUT2D eigenvalue weighted by molar-refractivity contribution is 0.135. The Balaban J connectivity index is 2.08. The number of nitrogens with two attached hydrogens (primary N) is 1. The number of hydrogen-bond acceptors (Lipinski definition) is 2. The fourth-order valence-corrected chi connectivity index (χ4v) is 3.02. The SMILES string of the molecule is Cc1cc(Br)cc(N)c1OC1CCC(C)CC1. The Labute approximate surface area is 112 Å². The monoisotopic (exact) mass is 297 g/mol. The molecular formula is C14H20BrNO. The third-order valence-corrected chi connectivity index (χ3v) is 3.97. The fraction of sp³-hybridized carbons (Fsp3) is 0.571. The maximum absolute atomic E-state index is 6.07. The summed E-state index contributed by atoms with van der Waals surface area (Å²) in [6, 6.07) is 3.96. The van der Waals surface area contributed by atoms with Crippen molar-refractivity contribution in [2.45, 2.75) is 45.6 Å². The first-order valence-corrected chi connectivity index (χ1v) is 7.08. The van der Waals surface area contributed by atoms with Crippen molar-refractivity contribution in [3.63, 3.8) is 0 Å². The van der Waals surface area contributed by atoms with Gasteiger partial charge in [0.05, 0.1) is 11.8 Å². The molecule has 0 amide bonds. The van der Waals surface area contributed by atoms with Gasteiger partial charge in [-0.25, -0.2) is 0 Å². The summed E-state index contributed by atoms with van der Waals surface area (Å²) in [5, 5.41) is 0. The molecule has 0 heterocycles. The average molecular weight is 298 g/mol. The molecule has 2 rings (SSSR count). The first-order chi connectivity index (χ1) is 8.06. The van der Waals surface area contributed by atoms with Crippen LogP contribution in [-0.4, -0.2) is 6.10 Å². The molecule has 0 radical (unpaired) electrons. The molecule has 1 aliphatic rings. The predicted octanol–water partition coefficient (Wildman–Crippen LogP) is 4.30. The molecule has 0 bridgehead atoms. The minimum Gasteiger partial charge on any atom is -0.488 e. The van der Waals surface area contributed by atoms with Crippen molar-refractivity contribution >= 4 is 21.6 Å². The molecule has 0 atom stereocenters. The second-order valence-electron chi connectivity index (χ2n) is 5.14. The van der Waals surface area contributed by atoms with Crippen LogP contribution in [0, 0.1) is 12.8 Å². The van der Waals surface area contributed by atoms with Gasteiger partial charge in [-0.05, 0) is 56.2 Å². The van der Waals surface area contributed by atoms with Crippen LogP contribution < -0.4 is 10.5 Å². The lowest BCUT2D eigenvalue weighted by Gasteiger charge is -2.28. The maximum Gasteiger partial charge on any atom is 0.145 e. The maximum atomic E-state index is 6.07. The summed E-state index contributed by atoms with van der Waals surface area (Å²) in [7, 11) is 0. The molecule has 94 valence electrons. The first-order valence-electron chi connectivity index (χ1n) is 6.28. The molecule has 2 N–H and O–H groups in total. The van der Waals surface area contributed by atoms with Crippen LogP contribution in [0.1, 0.15) is 38.2 Å². The zero-order chi connectivity index (χ0) is 12.4. The Hall–Kier alpha value is -0.700.